The first-order chi connectivity index (χ1) is 25.8. The Morgan fingerprint density at radius 1 is 0.327 bits per heavy atom. The molecule has 10 aromatic rings. The average molecular weight is 662 g/mol. The number of benzene rings is 8. The molecule has 0 saturated heterocycles. The van der Waals surface area contributed by atoms with Gasteiger partial charge in [-0.3, -0.25) is 4.98 Å². The van der Waals surface area contributed by atoms with Crippen molar-refractivity contribution in [3.05, 3.63) is 188 Å². The minimum absolute atomic E-state index is 0.702. The van der Waals surface area contributed by atoms with Crippen molar-refractivity contribution >= 4 is 43.2 Å². The molecule has 0 unspecified atom stereocenters. The van der Waals surface area contributed by atoms with Crippen LogP contribution in [0.1, 0.15) is 0 Å². The summed E-state index contributed by atoms with van der Waals surface area (Å²) in [4.78, 5) is 14.8. The van der Waals surface area contributed by atoms with E-state index in [1.165, 1.54) is 43.4 Å². The van der Waals surface area contributed by atoms with Crippen molar-refractivity contribution < 1.29 is 0 Å². The number of pyridine rings is 1. The highest BCUT2D eigenvalue weighted by molar-refractivity contribution is 6.20. The summed E-state index contributed by atoms with van der Waals surface area (Å²) in [5, 5.41) is 8.67. The Hall–Kier alpha value is -6.97. The summed E-state index contributed by atoms with van der Waals surface area (Å²) in [6.07, 6.45) is 1.88. The predicted molar refractivity (Wildman–Crippen MR) is 217 cm³/mol. The van der Waals surface area contributed by atoms with Gasteiger partial charge in [-0.25, -0.2) is 9.97 Å². The smallest absolute Gasteiger partial charge is 0.160 e. The Morgan fingerprint density at radius 3 is 1.67 bits per heavy atom. The van der Waals surface area contributed by atoms with Gasteiger partial charge in [0.1, 0.15) is 0 Å². The fourth-order valence-electron chi connectivity index (χ4n) is 7.57. The highest BCUT2D eigenvalue weighted by Gasteiger charge is 2.15. The second-order valence-corrected chi connectivity index (χ2v) is 13.2. The molecule has 0 aliphatic rings. The monoisotopic (exact) mass is 661 g/mol. The van der Waals surface area contributed by atoms with Gasteiger partial charge in [-0.1, -0.05) is 158 Å². The summed E-state index contributed by atoms with van der Waals surface area (Å²) < 4.78 is 0. The highest BCUT2D eigenvalue weighted by atomic mass is 14.9. The zero-order valence-electron chi connectivity index (χ0n) is 28.2. The standard InChI is InChI=1S/C49H31N3/c1-2-11-37(12-3-1)49-51-46(34-20-18-33(19-21-34)40-28-29-50-45-17-9-8-16-42(40)45)31-47(52-49)35-22-24-36(25-23-35)48-41-15-7-5-13-38(41)30-44-39-14-6-4-10-32(39)26-27-43(44)48/h1-31H. The zero-order chi connectivity index (χ0) is 34.4. The quantitative estimate of drug-likeness (QED) is 0.136. The highest BCUT2D eigenvalue weighted by Crippen LogP contribution is 2.40. The Balaban J connectivity index is 1.08. The van der Waals surface area contributed by atoms with E-state index in [1.807, 2.05) is 30.5 Å². The molecule has 2 heterocycles. The molecule has 0 bridgehead atoms. The first kappa shape index (κ1) is 29.9. The minimum atomic E-state index is 0.702. The number of nitrogens with zero attached hydrogens (tertiary/aromatic N) is 3. The molecule has 8 aromatic carbocycles. The lowest BCUT2D eigenvalue weighted by molar-refractivity contribution is 1.18. The molecular formula is C49H31N3. The van der Waals surface area contributed by atoms with Crippen LogP contribution in [0.2, 0.25) is 0 Å². The molecule has 242 valence electrons. The third kappa shape index (κ3) is 5.19. The molecule has 0 fully saturated rings. The maximum Gasteiger partial charge on any atom is 0.160 e. The summed E-state index contributed by atoms with van der Waals surface area (Å²) >= 11 is 0. The van der Waals surface area contributed by atoms with Crippen LogP contribution in [0.3, 0.4) is 0 Å². The van der Waals surface area contributed by atoms with Crippen LogP contribution in [-0.2, 0) is 0 Å². The van der Waals surface area contributed by atoms with Crippen LogP contribution in [0.15, 0.2) is 188 Å². The Bertz CT molecular complexity index is 2930. The first-order valence-electron chi connectivity index (χ1n) is 17.6. The molecule has 0 aliphatic heterocycles. The average Bonchev–Trinajstić information content (AvgIpc) is 3.23. The molecule has 2 aromatic heterocycles. The Labute approximate surface area is 301 Å². The van der Waals surface area contributed by atoms with Crippen molar-refractivity contribution in [2.45, 2.75) is 0 Å². The lowest BCUT2D eigenvalue weighted by atomic mass is 9.89. The van der Waals surface area contributed by atoms with Crippen LogP contribution in [0.4, 0.5) is 0 Å². The van der Waals surface area contributed by atoms with E-state index in [0.717, 1.165) is 50.1 Å². The Morgan fingerprint density at radius 2 is 0.923 bits per heavy atom. The van der Waals surface area contributed by atoms with Gasteiger partial charge in [-0.05, 0) is 78.8 Å². The number of para-hydroxylation sites is 1. The molecule has 3 heteroatoms. The number of rotatable bonds is 5. The number of hydrogen-bond acceptors (Lipinski definition) is 3. The lowest BCUT2D eigenvalue weighted by Gasteiger charge is -2.15. The van der Waals surface area contributed by atoms with Crippen LogP contribution in [0.25, 0.3) is 99.4 Å². The number of fused-ring (bicyclic) bond motifs is 5. The number of aromatic nitrogens is 3. The predicted octanol–water partition coefficient (Wildman–Crippen LogP) is 12.8. The van der Waals surface area contributed by atoms with Gasteiger partial charge in [0.25, 0.3) is 0 Å². The molecule has 0 atom stereocenters. The van der Waals surface area contributed by atoms with Crippen molar-refractivity contribution in [1.82, 2.24) is 15.0 Å². The van der Waals surface area contributed by atoms with Crippen LogP contribution in [0.5, 0.6) is 0 Å². The van der Waals surface area contributed by atoms with E-state index in [4.69, 9.17) is 9.97 Å². The van der Waals surface area contributed by atoms with Gasteiger partial charge in [0.15, 0.2) is 5.82 Å². The maximum absolute atomic E-state index is 5.12. The fraction of sp³-hybridized carbons (Fsp3) is 0. The minimum Gasteiger partial charge on any atom is -0.256 e. The van der Waals surface area contributed by atoms with Gasteiger partial charge >= 0.3 is 0 Å². The van der Waals surface area contributed by atoms with E-state index in [1.54, 1.807) is 0 Å². The fourth-order valence-corrected chi connectivity index (χ4v) is 7.57. The van der Waals surface area contributed by atoms with Gasteiger partial charge in [-0.15, -0.1) is 0 Å². The molecule has 0 N–H and O–H groups in total. The molecular weight excluding hydrogens is 631 g/mol. The van der Waals surface area contributed by atoms with E-state index >= 15 is 0 Å². The summed E-state index contributed by atoms with van der Waals surface area (Å²) in [6, 6.07) is 64.4. The summed E-state index contributed by atoms with van der Waals surface area (Å²) in [5.41, 5.74) is 10.6. The molecule has 0 radical (unpaired) electrons. The topological polar surface area (TPSA) is 38.7 Å². The largest absolute Gasteiger partial charge is 0.256 e. The zero-order valence-corrected chi connectivity index (χ0v) is 28.2. The van der Waals surface area contributed by atoms with Gasteiger partial charge in [0.2, 0.25) is 0 Å². The normalized spacial score (nSPS) is 11.5. The molecule has 10 rings (SSSR count). The molecule has 0 amide bonds. The molecule has 0 aliphatic carbocycles. The summed E-state index contributed by atoms with van der Waals surface area (Å²) in [6.45, 7) is 0. The third-order valence-corrected chi connectivity index (χ3v) is 10.1. The van der Waals surface area contributed by atoms with E-state index in [0.29, 0.717) is 5.82 Å². The van der Waals surface area contributed by atoms with Gasteiger partial charge in [0.05, 0.1) is 16.9 Å². The van der Waals surface area contributed by atoms with Crippen LogP contribution in [0, 0.1) is 0 Å². The van der Waals surface area contributed by atoms with Crippen molar-refractivity contribution in [2.75, 3.05) is 0 Å². The summed E-state index contributed by atoms with van der Waals surface area (Å²) in [7, 11) is 0. The van der Waals surface area contributed by atoms with Crippen LogP contribution in [-0.4, -0.2) is 15.0 Å². The van der Waals surface area contributed by atoms with Gasteiger partial charge in [0, 0.05) is 28.3 Å². The van der Waals surface area contributed by atoms with Crippen LogP contribution < -0.4 is 0 Å². The molecule has 0 saturated carbocycles. The van der Waals surface area contributed by atoms with E-state index in [-0.39, 0.29) is 0 Å². The molecule has 52 heavy (non-hydrogen) atoms. The maximum atomic E-state index is 5.12. The van der Waals surface area contributed by atoms with Gasteiger partial charge < -0.3 is 0 Å². The van der Waals surface area contributed by atoms with Crippen LogP contribution >= 0.6 is 0 Å². The van der Waals surface area contributed by atoms with Crippen molar-refractivity contribution in [2.24, 2.45) is 0 Å². The lowest BCUT2D eigenvalue weighted by Crippen LogP contribution is -1.96. The van der Waals surface area contributed by atoms with Crippen molar-refractivity contribution in [1.29, 1.82) is 0 Å². The van der Waals surface area contributed by atoms with E-state index < -0.39 is 0 Å². The molecule has 3 nitrogen and oxygen atoms in total. The van der Waals surface area contributed by atoms with E-state index in [9.17, 15) is 0 Å². The van der Waals surface area contributed by atoms with Gasteiger partial charge in [-0.2, -0.15) is 0 Å². The molecule has 0 spiro atoms. The van der Waals surface area contributed by atoms with E-state index in [2.05, 4.69) is 163 Å². The van der Waals surface area contributed by atoms with Crippen molar-refractivity contribution in [3.63, 3.8) is 0 Å². The SMILES string of the molecule is c1ccc(-c2nc(-c3ccc(-c4ccnc5ccccc45)cc3)cc(-c3ccc(-c4c5ccccc5cc5c4ccc4ccccc45)cc3)n2)cc1. The summed E-state index contributed by atoms with van der Waals surface area (Å²) in [5.74, 6) is 0.702. The Kier molecular flexibility index (Phi) is 7.14. The van der Waals surface area contributed by atoms with Crippen molar-refractivity contribution in [3.8, 4) is 56.2 Å². The first-order valence-corrected chi connectivity index (χ1v) is 17.6. The second-order valence-electron chi connectivity index (χ2n) is 13.2. The second kappa shape index (κ2) is 12.4. The number of hydrogen-bond donors (Lipinski definition) is 0. The third-order valence-electron chi connectivity index (χ3n) is 10.1.